The van der Waals surface area contributed by atoms with Crippen LogP contribution in [0.3, 0.4) is 0 Å². The van der Waals surface area contributed by atoms with Crippen molar-refractivity contribution in [3.63, 3.8) is 0 Å². The number of nitrogen functional groups attached to an aromatic ring is 1. The first-order valence-electron chi connectivity index (χ1n) is 14.5. The van der Waals surface area contributed by atoms with Gasteiger partial charge in [-0.1, -0.05) is 110 Å². The number of para-hydroxylation sites is 1. The zero-order valence-corrected chi connectivity index (χ0v) is 24.1. The number of hydrogen-bond acceptors (Lipinski definition) is 4. The quantitative estimate of drug-likeness (QED) is 0.191. The molecule has 0 spiro atoms. The zero-order chi connectivity index (χ0) is 27.0. The second-order valence-electron chi connectivity index (χ2n) is 8.98. The lowest BCUT2D eigenvalue weighted by molar-refractivity contribution is 0.598. The number of hydrogen-bond donors (Lipinski definition) is 2. The molecule has 0 bridgehead atoms. The second kappa shape index (κ2) is 16.8. The summed E-state index contributed by atoms with van der Waals surface area (Å²) >= 11 is 0. The monoisotopic (exact) mass is 503 g/mol. The number of benzene rings is 2. The van der Waals surface area contributed by atoms with Crippen LogP contribution in [0.2, 0.25) is 0 Å². The van der Waals surface area contributed by atoms with E-state index in [0.717, 1.165) is 66.7 Å². The molecule has 0 aliphatic heterocycles. The van der Waals surface area contributed by atoms with E-state index in [0.29, 0.717) is 5.82 Å². The Morgan fingerprint density at radius 3 is 2.16 bits per heavy atom. The van der Waals surface area contributed by atoms with E-state index in [-0.39, 0.29) is 0 Å². The molecule has 202 valence electrons. The molecule has 0 unspecified atom stereocenters. The summed E-state index contributed by atoms with van der Waals surface area (Å²) in [4.78, 5) is 9.55. The highest BCUT2D eigenvalue weighted by atomic mass is 15.1. The van der Waals surface area contributed by atoms with Gasteiger partial charge in [0.1, 0.15) is 11.3 Å². The number of aryl methyl sites for hydroxylation is 1. The van der Waals surface area contributed by atoms with Crippen LogP contribution in [0, 0.1) is 0 Å². The van der Waals surface area contributed by atoms with Crippen molar-refractivity contribution in [1.82, 2.24) is 19.9 Å². The summed E-state index contributed by atoms with van der Waals surface area (Å²) in [5.74, 6) is 1.61. The Kier molecular flexibility index (Phi) is 13.7. The molecule has 0 amide bonds. The van der Waals surface area contributed by atoms with E-state index >= 15 is 0 Å². The lowest BCUT2D eigenvalue weighted by Crippen LogP contribution is -2.14. The molecular formula is C32H49N5. The molecule has 2 aromatic heterocycles. The first-order chi connectivity index (χ1) is 18.2. The van der Waals surface area contributed by atoms with Crippen molar-refractivity contribution in [3.05, 3.63) is 65.5 Å². The van der Waals surface area contributed by atoms with Gasteiger partial charge in [-0.05, 0) is 36.6 Å². The van der Waals surface area contributed by atoms with Crippen LogP contribution < -0.4 is 11.1 Å². The number of fused-ring (bicyclic) bond motifs is 3. The van der Waals surface area contributed by atoms with Crippen LogP contribution in [0.15, 0.2) is 48.5 Å². The van der Waals surface area contributed by atoms with Gasteiger partial charge in [-0.15, -0.1) is 0 Å². The van der Waals surface area contributed by atoms with Crippen molar-refractivity contribution in [2.75, 3.05) is 12.3 Å². The van der Waals surface area contributed by atoms with Gasteiger partial charge in [-0.2, -0.15) is 0 Å². The summed E-state index contributed by atoms with van der Waals surface area (Å²) in [5, 5.41) is 4.68. The minimum Gasteiger partial charge on any atom is -0.382 e. The molecule has 0 radical (unpaired) electrons. The van der Waals surface area contributed by atoms with E-state index in [1.54, 1.807) is 0 Å². The van der Waals surface area contributed by atoms with E-state index in [1.807, 2.05) is 39.8 Å². The standard InChI is InChI=1S/C28H37N5.2C2H6/c1-3-5-7-10-18-30-19-21-14-16-22(17-15-21)20-33-25(13-6-4-2)32-26-27(33)23-11-8-9-12-24(23)31-28(26)29;2*1-2/h8-9,11-12,14-17,30H,3-7,10,13,18-20H2,1-2H3,(H2,29,31);2*1-2H3. The minimum absolute atomic E-state index is 0.514. The number of imidazole rings is 1. The molecule has 0 saturated heterocycles. The highest BCUT2D eigenvalue weighted by molar-refractivity contribution is 6.06. The Labute approximate surface area is 224 Å². The number of unbranched alkanes of at least 4 members (excludes halogenated alkanes) is 4. The predicted octanol–water partition coefficient (Wildman–Crippen LogP) is 8.28. The van der Waals surface area contributed by atoms with Gasteiger partial charge < -0.3 is 15.6 Å². The van der Waals surface area contributed by atoms with Gasteiger partial charge in [0.25, 0.3) is 0 Å². The number of nitrogens with one attached hydrogen (secondary N) is 1. The van der Waals surface area contributed by atoms with E-state index in [9.17, 15) is 0 Å². The highest BCUT2D eigenvalue weighted by Crippen LogP contribution is 2.30. The Hall–Kier alpha value is -2.92. The fourth-order valence-electron chi connectivity index (χ4n) is 4.46. The van der Waals surface area contributed by atoms with E-state index in [2.05, 4.69) is 65.1 Å². The molecule has 4 rings (SSSR count). The van der Waals surface area contributed by atoms with Crippen LogP contribution >= 0.6 is 0 Å². The number of aromatic nitrogens is 3. The van der Waals surface area contributed by atoms with Crippen molar-refractivity contribution >= 4 is 27.8 Å². The molecule has 3 N–H and O–H groups in total. The number of nitrogens with two attached hydrogens (primary N) is 1. The maximum atomic E-state index is 6.34. The van der Waals surface area contributed by atoms with Gasteiger partial charge in [-0.25, -0.2) is 9.97 Å². The summed E-state index contributed by atoms with van der Waals surface area (Å²) in [7, 11) is 0. The largest absolute Gasteiger partial charge is 0.382 e. The fraction of sp³-hybridized carbons (Fsp3) is 0.500. The van der Waals surface area contributed by atoms with Crippen molar-refractivity contribution < 1.29 is 0 Å². The zero-order valence-electron chi connectivity index (χ0n) is 24.1. The summed E-state index contributed by atoms with van der Waals surface area (Å²) in [6.45, 7) is 15.3. The summed E-state index contributed by atoms with van der Waals surface area (Å²) in [6.07, 6.45) is 8.38. The van der Waals surface area contributed by atoms with Crippen molar-refractivity contribution in [1.29, 1.82) is 0 Å². The van der Waals surface area contributed by atoms with Crippen LogP contribution in [-0.2, 0) is 19.5 Å². The maximum absolute atomic E-state index is 6.34. The molecule has 0 fully saturated rings. The first kappa shape index (κ1) is 30.3. The Balaban J connectivity index is 0.00000115. The number of nitrogens with zero attached hydrogens (tertiary/aromatic N) is 3. The first-order valence-corrected chi connectivity index (χ1v) is 14.5. The molecule has 0 aliphatic carbocycles. The Morgan fingerprint density at radius 2 is 1.46 bits per heavy atom. The normalized spacial score (nSPS) is 10.6. The van der Waals surface area contributed by atoms with Gasteiger partial charge in [-0.3, -0.25) is 0 Å². The lowest BCUT2D eigenvalue weighted by Gasteiger charge is -2.12. The van der Waals surface area contributed by atoms with Crippen molar-refractivity contribution in [3.8, 4) is 0 Å². The van der Waals surface area contributed by atoms with Crippen LogP contribution in [0.1, 0.15) is 97.0 Å². The van der Waals surface area contributed by atoms with Crippen LogP contribution in [0.25, 0.3) is 21.9 Å². The Bertz CT molecular complexity index is 1180. The van der Waals surface area contributed by atoms with Crippen LogP contribution in [-0.4, -0.2) is 21.1 Å². The maximum Gasteiger partial charge on any atom is 0.152 e. The molecular weight excluding hydrogens is 454 g/mol. The molecule has 0 atom stereocenters. The summed E-state index contributed by atoms with van der Waals surface area (Å²) < 4.78 is 2.35. The van der Waals surface area contributed by atoms with Gasteiger partial charge in [0.15, 0.2) is 5.82 Å². The molecule has 5 nitrogen and oxygen atoms in total. The van der Waals surface area contributed by atoms with Crippen molar-refractivity contribution in [2.45, 2.75) is 99.6 Å². The molecule has 4 aromatic rings. The van der Waals surface area contributed by atoms with Gasteiger partial charge >= 0.3 is 0 Å². The van der Waals surface area contributed by atoms with Gasteiger partial charge in [0, 0.05) is 24.9 Å². The molecule has 0 aliphatic rings. The third-order valence-electron chi connectivity index (χ3n) is 6.34. The van der Waals surface area contributed by atoms with Crippen LogP contribution in [0.4, 0.5) is 5.82 Å². The molecule has 0 saturated carbocycles. The van der Waals surface area contributed by atoms with E-state index in [4.69, 9.17) is 10.7 Å². The second-order valence-corrected chi connectivity index (χ2v) is 8.98. The lowest BCUT2D eigenvalue weighted by atomic mass is 10.1. The number of rotatable bonds is 12. The van der Waals surface area contributed by atoms with Crippen LogP contribution in [0.5, 0.6) is 0 Å². The fourth-order valence-corrected chi connectivity index (χ4v) is 4.46. The van der Waals surface area contributed by atoms with E-state index < -0.39 is 0 Å². The molecule has 2 heterocycles. The third kappa shape index (κ3) is 8.29. The van der Waals surface area contributed by atoms with E-state index in [1.165, 1.54) is 36.8 Å². The van der Waals surface area contributed by atoms with Gasteiger partial charge in [0.2, 0.25) is 0 Å². The third-order valence-corrected chi connectivity index (χ3v) is 6.34. The Morgan fingerprint density at radius 1 is 0.784 bits per heavy atom. The molecule has 2 aromatic carbocycles. The average molecular weight is 504 g/mol. The SMILES string of the molecule is CC.CC.CCCCCCNCc1ccc(Cn2c(CCCC)nc3c(N)nc4ccccc4c32)cc1. The highest BCUT2D eigenvalue weighted by Gasteiger charge is 2.17. The number of pyridine rings is 1. The smallest absolute Gasteiger partial charge is 0.152 e. The molecule has 5 heteroatoms. The average Bonchev–Trinajstić information content (AvgIpc) is 3.31. The summed E-state index contributed by atoms with van der Waals surface area (Å²) in [6, 6.07) is 17.2. The number of anilines is 1. The predicted molar refractivity (Wildman–Crippen MR) is 162 cm³/mol. The summed E-state index contributed by atoms with van der Waals surface area (Å²) in [5.41, 5.74) is 11.8. The van der Waals surface area contributed by atoms with Gasteiger partial charge in [0.05, 0.1) is 11.0 Å². The van der Waals surface area contributed by atoms with Crippen molar-refractivity contribution in [2.24, 2.45) is 0 Å². The minimum atomic E-state index is 0.514. The topological polar surface area (TPSA) is 68.8 Å². The molecule has 37 heavy (non-hydrogen) atoms.